The molecule has 6 nitrogen and oxygen atoms in total. The Morgan fingerprint density at radius 1 is 1.00 bits per heavy atom. The van der Waals surface area contributed by atoms with Gasteiger partial charge in [-0.2, -0.15) is 0 Å². The molecule has 1 saturated heterocycles. The Morgan fingerprint density at radius 3 is 2.53 bits per heavy atom. The fraction of sp³-hybridized carbons (Fsp3) is 0.417. The summed E-state index contributed by atoms with van der Waals surface area (Å²) in [4.78, 5) is 12.2. The monoisotopic (exact) mass is 404 g/mol. The van der Waals surface area contributed by atoms with Gasteiger partial charge in [-0.3, -0.25) is 4.90 Å². The minimum Gasteiger partial charge on any atom is -0.399 e. The van der Waals surface area contributed by atoms with E-state index in [2.05, 4.69) is 45.4 Å². The van der Waals surface area contributed by atoms with Crippen LogP contribution in [0, 0.1) is 0 Å². The van der Waals surface area contributed by atoms with Gasteiger partial charge in [0.05, 0.1) is 17.9 Å². The number of aliphatic imine (C=N–C) groups is 1. The van der Waals surface area contributed by atoms with E-state index in [1.165, 1.54) is 22.3 Å². The van der Waals surface area contributed by atoms with Gasteiger partial charge in [0.1, 0.15) is 0 Å². The predicted octanol–water partition coefficient (Wildman–Crippen LogP) is 3.65. The van der Waals surface area contributed by atoms with Crippen molar-refractivity contribution in [1.82, 2.24) is 4.90 Å². The number of anilines is 1. The second-order valence-corrected chi connectivity index (χ2v) is 8.62. The first-order chi connectivity index (χ1) is 14.6. The third-order valence-electron chi connectivity index (χ3n) is 6.42. The quantitative estimate of drug-likeness (QED) is 0.793. The average Bonchev–Trinajstić information content (AvgIpc) is 2.76. The van der Waals surface area contributed by atoms with Crippen LogP contribution < -0.4 is 5.73 Å². The van der Waals surface area contributed by atoms with Gasteiger partial charge in [0.25, 0.3) is 0 Å². The molecule has 0 atom stereocenters. The van der Waals surface area contributed by atoms with E-state index in [4.69, 9.17) is 15.3 Å². The SMILES string of the molecule is CC1=NOCC(CN2CCC3(CC2)Cc2cc(-c4ccc(N)cc4)ccc2CO3)=N1. The van der Waals surface area contributed by atoms with Gasteiger partial charge in [-0.1, -0.05) is 35.5 Å². The van der Waals surface area contributed by atoms with Crippen LogP contribution in [-0.2, 0) is 22.6 Å². The van der Waals surface area contributed by atoms with Crippen LogP contribution in [0.3, 0.4) is 0 Å². The van der Waals surface area contributed by atoms with Crippen molar-refractivity contribution in [1.29, 1.82) is 0 Å². The molecule has 3 heterocycles. The number of nitrogen functional groups attached to an aromatic ring is 1. The Kier molecular flexibility index (Phi) is 5.05. The molecule has 0 aliphatic carbocycles. The molecule has 3 aliphatic heterocycles. The maximum atomic E-state index is 6.43. The molecule has 3 aliphatic rings. The van der Waals surface area contributed by atoms with Crippen LogP contribution in [-0.4, -0.2) is 48.3 Å². The van der Waals surface area contributed by atoms with Crippen molar-refractivity contribution >= 4 is 17.2 Å². The highest BCUT2D eigenvalue weighted by atomic mass is 16.6. The van der Waals surface area contributed by atoms with Crippen molar-refractivity contribution in [2.24, 2.45) is 10.1 Å². The molecule has 0 radical (unpaired) electrons. The summed E-state index contributed by atoms with van der Waals surface area (Å²) < 4.78 is 6.43. The van der Waals surface area contributed by atoms with E-state index < -0.39 is 0 Å². The average molecular weight is 405 g/mol. The van der Waals surface area contributed by atoms with Crippen LogP contribution in [0.1, 0.15) is 30.9 Å². The van der Waals surface area contributed by atoms with Crippen LogP contribution in [0.4, 0.5) is 5.69 Å². The molecule has 1 fully saturated rings. The Morgan fingerprint density at radius 2 is 1.77 bits per heavy atom. The zero-order valence-corrected chi connectivity index (χ0v) is 17.4. The minimum absolute atomic E-state index is 0.0501. The molecular weight excluding hydrogens is 376 g/mol. The summed E-state index contributed by atoms with van der Waals surface area (Å²) in [6, 6.07) is 14.9. The van der Waals surface area contributed by atoms with E-state index in [9.17, 15) is 0 Å². The van der Waals surface area contributed by atoms with E-state index >= 15 is 0 Å². The van der Waals surface area contributed by atoms with Crippen molar-refractivity contribution in [3.05, 3.63) is 53.6 Å². The van der Waals surface area contributed by atoms with Crippen molar-refractivity contribution in [3.63, 3.8) is 0 Å². The number of fused-ring (bicyclic) bond motifs is 1. The number of benzene rings is 2. The molecule has 2 aromatic rings. The summed E-state index contributed by atoms with van der Waals surface area (Å²) >= 11 is 0. The van der Waals surface area contributed by atoms with Crippen molar-refractivity contribution in [3.8, 4) is 11.1 Å². The Bertz CT molecular complexity index is 989. The van der Waals surface area contributed by atoms with Crippen LogP contribution in [0.25, 0.3) is 11.1 Å². The van der Waals surface area contributed by atoms with Gasteiger partial charge >= 0.3 is 0 Å². The van der Waals surface area contributed by atoms with Crippen LogP contribution in [0.2, 0.25) is 0 Å². The number of ether oxygens (including phenoxy) is 1. The van der Waals surface area contributed by atoms with Gasteiger partial charge in [0.2, 0.25) is 0 Å². The van der Waals surface area contributed by atoms with Gasteiger partial charge < -0.3 is 15.3 Å². The normalized spacial score (nSPS) is 20.8. The number of hydrogen-bond acceptors (Lipinski definition) is 6. The summed E-state index contributed by atoms with van der Waals surface area (Å²) in [6.07, 6.45) is 3.06. The lowest BCUT2D eigenvalue weighted by molar-refractivity contribution is -0.100. The second kappa shape index (κ2) is 7.85. The first kappa shape index (κ1) is 19.3. The Labute approximate surface area is 177 Å². The van der Waals surface area contributed by atoms with E-state index in [1.54, 1.807) is 0 Å². The number of nitrogens with zero attached hydrogens (tertiary/aromatic N) is 3. The number of rotatable bonds is 3. The van der Waals surface area contributed by atoms with Crippen LogP contribution >= 0.6 is 0 Å². The molecule has 1 spiro atoms. The number of likely N-dealkylation sites (tertiary alicyclic amines) is 1. The molecule has 0 unspecified atom stereocenters. The smallest absolute Gasteiger partial charge is 0.164 e. The summed E-state index contributed by atoms with van der Waals surface area (Å²) in [5, 5.41) is 3.88. The second-order valence-electron chi connectivity index (χ2n) is 8.62. The standard InChI is InChI=1S/C24H28N4O2/c1-17-26-23(16-30-27-17)14-28-10-8-24(9-11-28)13-21-12-19(2-3-20(21)15-29-24)18-4-6-22(25)7-5-18/h2-7,12H,8-11,13-16,25H2,1H3. The van der Waals surface area contributed by atoms with Gasteiger partial charge in [0.15, 0.2) is 12.4 Å². The summed E-state index contributed by atoms with van der Waals surface area (Å²) in [7, 11) is 0. The van der Waals surface area contributed by atoms with E-state index in [-0.39, 0.29) is 5.60 Å². The summed E-state index contributed by atoms with van der Waals surface area (Å²) in [5.41, 5.74) is 12.8. The lowest BCUT2D eigenvalue weighted by Gasteiger charge is -2.44. The number of amidine groups is 1. The Balaban J connectivity index is 1.27. The molecule has 0 amide bonds. The fourth-order valence-electron chi connectivity index (χ4n) is 4.68. The highest BCUT2D eigenvalue weighted by Crippen LogP contribution is 2.37. The number of hydrogen-bond donors (Lipinski definition) is 1. The van der Waals surface area contributed by atoms with Crippen LogP contribution in [0.15, 0.2) is 52.6 Å². The van der Waals surface area contributed by atoms with E-state index in [1.807, 2.05) is 19.1 Å². The van der Waals surface area contributed by atoms with Gasteiger partial charge in [-0.25, -0.2) is 4.99 Å². The van der Waals surface area contributed by atoms with E-state index in [0.717, 1.165) is 50.3 Å². The molecule has 0 saturated carbocycles. The summed E-state index contributed by atoms with van der Waals surface area (Å²) in [5.74, 6) is 0.703. The molecule has 5 rings (SSSR count). The largest absolute Gasteiger partial charge is 0.399 e. The molecule has 0 bridgehead atoms. The summed E-state index contributed by atoms with van der Waals surface area (Å²) in [6.45, 7) is 5.95. The molecule has 30 heavy (non-hydrogen) atoms. The third kappa shape index (κ3) is 3.98. The lowest BCUT2D eigenvalue weighted by atomic mass is 9.81. The van der Waals surface area contributed by atoms with Gasteiger partial charge in [0, 0.05) is 31.7 Å². The predicted molar refractivity (Wildman–Crippen MR) is 120 cm³/mol. The minimum atomic E-state index is -0.0501. The maximum Gasteiger partial charge on any atom is 0.164 e. The van der Waals surface area contributed by atoms with Gasteiger partial charge in [-0.15, -0.1) is 0 Å². The number of nitrogens with two attached hydrogens (primary N) is 1. The number of oxime groups is 1. The zero-order chi connectivity index (χ0) is 20.6. The highest BCUT2D eigenvalue weighted by Gasteiger charge is 2.39. The van der Waals surface area contributed by atoms with Gasteiger partial charge in [-0.05, 0) is 54.2 Å². The van der Waals surface area contributed by atoms with E-state index in [0.29, 0.717) is 19.0 Å². The Hall–Kier alpha value is -2.70. The van der Waals surface area contributed by atoms with Crippen molar-refractivity contribution in [2.45, 2.75) is 38.4 Å². The zero-order valence-electron chi connectivity index (χ0n) is 17.4. The first-order valence-corrected chi connectivity index (χ1v) is 10.7. The molecule has 6 heteroatoms. The fourth-order valence-corrected chi connectivity index (χ4v) is 4.68. The van der Waals surface area contributed by atoms with Crippen molar-refractivity contribution < 1.29 is 9.57 Å². The molecule has 156 valence electrons. The molecule has 2 aromatic carbocycles. The maximum absolute atomic E-state index is 6.43. The third-order valence-corrected chi connectivity index (χ3v) is 6.42. The first-order valence-electron chi connectivity index (χ1n) is 10.7. The van der Waals surface area contributed by atoms with Crippen molar-refractivity contribution in [2.75, 3.05) is 32.0 Å². The lowest BCUT2D eigenvalue weighted by Crippen LogP contribution is -2.50. The molecule has 2 N–H and O–H groups in total. The highest BCUT2D eigenvalue weighted by molar-refractivity contribution is 5.99. The number of piperidine rings is 1. The molecular formula is C24H28N4O2. The van der Waals surface area contributed by atoms with Crippen LogP contribution in [0.5, 0.6) is 0 Å². The topological polar surface area (TPSA) is 72.4 Å². The molecule has 0 aromatic heterocycles.